The largest absolute Gasteiger partial charge is 0.480 e. The highest BCUT2D eigenvalue weighted by molar-refractivity contribution is 5.84. The molecule has 2 rings (SSSR count). The number of hydrogen-bond acceptors (Lipinski definition) is 3. The number of amides is 1. The summed E-state index contributed by atoms with van der Waals surface area (Å²) in [4.78, 5) is 23.8. The van der Waals surface area contributed by atoms with Crippen LogP contribution < -0.4 is 5.32 Å². The van der Waals surface area contributed by atoms with Gasteiger partial charge in [0.1, 0.15) is 12.1 Å². The van der Waals surface area contributed by atoms with Crippen molar-refractivity contribution >= 4 is 12.1 Å². The first kappa shape index (κ1) is 18.3. The molecule has 5 nitrogen and oxygen atoms in total. The van der Waals surface area contributed by atoms with Gasteiger partial charge in [0.2, 0.25) is 0 Å². The second-order valence-electron chi connectivity index (χ2n) is 7.71. The van der Waals surface area contributed by atoms with E-state index in [0.717, 1.165) is 18.4 Å². The summed E-state index contributed by atoms with van der Waals surface area (Å²) in [7, 11) is 0. The Morgan fingerprint density at radius 1 is 1.21 bits per heavy atom. The fraction of sp³-hybridized carbons (Fsp3) is 0.579. The normalized spacial score (nSPS) is 24.2. The predicted molar refractivity (Wildman–Crippen MR) is 91.5 cm³/mol. The van der Waals surface area contributed by atoms with Crippen LogP contribution in [-0.2, 0) is 16.1 Å². The van der Waals surface area contributed by atoms with E-state index in [1.54, 1.807) is 0 Å². The van der Waals surface area contributed by atoms with E-state index in [9.17, 15) is 14.7 Å². The topological polar surface area (TPSA) is 75.6 Å². The highest BCUT2D eigenvalue weighted by atomic mass is 16.5. The molecular weight excluding hydrogens is 306 g/mol. The summed E-state index contributed by atoms with van der Waals surface area (Å²) < 4.78 is 5.19. The number of carbonyl (C=O) groups is 2. The maximum Gasteiger partial charge on any atom is 0.408 e. The van der Waals surface area contributed by atoms with Crippen molar-refractivity contribution in [1.82, 2.24) is 5.32 Å². The molecule has 5 heteroatoms. The van der Waals surface area contributed by atoms with Gasteiger partial charge in [0.25, 0.3) is 0 Å². The van der Waals surface area contributed by atoms with Crippen LogP contribution in [0.25, 0.3) is 0 Å². The second-order valence-corrected chi connectivity index (χ2v) is 7.71. The van der Waals surface area contributed by atoms with Crippen LogP contribution in [0.3, 0.4) is 0 Å². The van der Waals surface area contributed by atoms with Gasteiger partial charge in [0, 0.05) is 0 Å². The lowest BCUT2D eigenvalue weighted by Crippen LogP contribution is -2.57. The number of ether oxygens (including phenoxy) is 1. The van der Waals surface area contributed by atoms with Gasteiger partial charge in [-0.2, -0.15) is 0 Å². The Morgan fingerprint density at radius 3 is 2.29 bits per heavy atom. The summed E-state index contributed by atoms with van der Waals surface area (Å²) in [6.45, 7) is 6.65. The molecule has 1 aliphatic carbocycles. The van der Waals surface area contributed by atoms with E-state index in [1.807, 2.05) is 30.3 Å². The molecule has 0 atom stereocenters. The lowest BCUT2D eigenvalue weighted by Gasteiger charge is -2.41. The van der Waals surface area contributed by atoms with Gasteiger partial charge < -0.3 is 15.2 Å². The highest BCUT2D eigenvalue weighted by Gasteiger charge is 2.45. The number of nitrogens with one attached hydrogen (secondary N) is 1. The van der Waals surface area contributed by atoms with E-state index in [2.05, 4.69) is 26.1 Å². The molecule has 0 unspecified atom stereocenters. The number of hydrogen-bond donors (Lipinski definition) is 2. The Balaban J connectivity index is 1.94. The van der Waals surface area contributed by atoms with Gasteiger partial charge in [-0.15, -0.1) is 0 Å². The number of carboxylic acids is 1. The minimum atomic E-state index is -1.21. The molecule has 0 aliphatic heterocycles. The first-order valence-electron chi connectivity index (χ1n) is 8.45. The highest BCUT2D eigenvalue weighted by Crippen LogP contribution is 2.41. The molecule has 0 aromatic heterocycles. The zero-order chi connectivity index (χ0) is 17.8. The first-order valence-corrected chi connectivity index (χ1v) is 8.45. The predicted octanol–water partition coefficient (Wildman–Crippen LogP) is 3.97. The SMILES string of the molecule is CC(C)(C)C1CCC(NC(=O)OCc2ccccc2)(C(=O)O)CC1. The van der Waals surface area contributed by atoms with Crippen LogP contribution in [0, 0.1) is 11.3 Å². The molecule has 0 saturated heterocycles. The maximum atomic E-state index is 12.1. The van der Waals surface area contributed by atoms with Crippen LogP contribution in [0.15, 0.2) is 30.3 Å². The average Bonchev–Trinajstić information content (AvgIpc) is 2.53. The van der Waals surface area contributed by atoms with E-state index in [-0.39, 0.29) is 12.0 Å². The number of carbonyl (C=O) groups excluding carboxylic acids is 1. The van der Waals surface area contributed by atoms with E-state index < -0.39 is 17.6 Å². The van der Waals surface area contributed by atoms with E-state index in [1.165, 1.54) is 0 Å². The third-order valence-electron chi connectivity index (χ3n) is 5.03. The lowest BCUT2D eigenvalue weighted by atomic mass is 9.67. The average molecular weight is 333 g/mol. The van der Waals surface area contributed by atoms with Crippen molar-refractivity contribution in [2.24, 2.45) is 11.3 Å². The molecular formula is C19H27NO4. The van der Waals surface area contributed by atoms with E-state index in [0.29, 0.717) is 18.8 Å². The van der Waals surface area contributed by atoms with Gasteiger partial charge in [0.15, 0.2) is 0 Å². The van der Waals surface area contributed by atoms with Gasteiger partial charge in [-0.3, -0.25) is 0 Å². The summed E-state index contributed by atoms with van der Waals surface area (Å²) in [5.41, 5.74) is -0.193. The van der Waals surface area contributed by atoms with Crippen molar-refractivity contribution in [1.29, 1.82) is 0 Å². The van der Waals surface area contributed by atoms with Gasteiger partial charge in [-0.1, -0.05) is 51.1 Å². The monoisotopic (exact) mass is 333 g/mol. The van der Waals surface area contributed by atoms with Crippen molar-refractivity contribution in [2.75, 3.05) is 0 Å². The standard InChI is InChI=1S/C19H27NO4/c1-18(2,3)15-9-11-19(12-10-15,16(21)22)20-17(23)24-13-14-7-5-4-6-8-14/h4-8,15H,9-13H2,1-3H3,(H,20,23)(H,21,22). The van der Waals surface area contributed by atoms with Crippen molar-refractivity contribution in [3.8, 4) is 0 Å². The molecule has 24 heavy (non-hydrogen) atoms. The Hall–Kier alpha value is -2.04. The number of alkyl carbamates (subject to hydrolysis) is 1. The molecule has 1 aromatic carbocycles. The molecule has 0 heterocycles. The van der Waals surface area contributed by atoms with E-state index >= 15 is 0 Å². The zero-order valence-electron chi connectivity index (χ0n) is 14.7. The minimum absolute atomic E-state index is 0.132. The van der Waals surface area contributed by atoms with Crippen LogP contribution >= 0.6 is 0 Å². The second kappa shape index (κ2) is 7.24. The molecule has 1 aromatic rings. The smallest absolute Gasteiger partial charge is 0.408 e. The summed E-state index contributed by atoms with van der Waals surface area (Å²) in [6.07, 6.45) is 1.77. The Bertz CT molecular complexity index is 569. The van der Waals surface area contributed by atoms with Crippen LogP contribution in [0.4, 0.5) is 4.79 Å². The molecule has 132 valence electrons. The van der Waals surface area contributed by atoms with Crippen molar-refractivity contribution in [2.45, 2.75) is 58.6 Å². The molecule has 2 N–H and O–H groups in total. The van der Waals surface area contributed by atoms with Crippen LogP contribution in [0.1, 0.15) is 52.0 Å². The zero-order valence-corrected chi connectivity index (χ0v) is 14.7. The van der Waals surface area contributed by atoms with E-state index in [4.69, 9.17) is 4.74 Å². The molecule has 1 amide bonds. The molecule has 0 spiro atoms. The molecule has 0 bridgehead atoms. The summed E-state index contributed by atoms with van der Waals surface area (Å²) >= 11 is 0. The third kappa shape index (κ3) is 4.49. The van der Waals surface area contributed by atoms with Crippen LogP contribution in [0.2, 0.25) is 0 Å². The number of benzene rings is 1. The lowest BCUT2D eigenvalue weighted by molar-refractivity contribution is -0.147. The molecule has 1 saturated carbocycles. The fourth-order valence-corrected chi connectivity index (χ4v) is 3.32. The van der Waals surface area contributed by atoms with Gasteiger partial charge in [-0.05, 0) is 42.6 Å². The fourth-order valence-electron chi connectivity index (χ4n) is 3.32. The van der Waals surface area contributed by atoms with Crippen molar-refractivity contribution in [3.05, 3.63) is 35.9 Å². The van der Waals surface area contributed by atoms with Crippen molar-refractivity contribution < 1.29 is 19.4 Å². The van der Waals surface area contributed by atoms with Crippen LogP contribution in [-0.4, -0.2) is 22.7 Å². The number of rotatable bonds is 4. The van der Waals surface area contributed by atoms with Crippen molar-refractivity contribution in [3.63, 3.8) is 0 Å². The molecule has 1 aliphatic rings. The Kier molecular flexibility index (Phi) is 5.52. The van der Waals surface area contributed by atoms with Gasteiger partial charge in [0.05, 0.1) is 0 Å². The van der Waals surface area contributed by atoms with Gasteiger partial charge >= 0.3 is 12.1 Å². The van der Waals surface area contributed by atoms with Crippen LogP contribution in [0.5, 0.6) is 0 Å². The number of carboxylic acid groups (broad SMARTS) is 1. The summed E-state index contributed by atoms with van der Waals surface area (Å²) in [6, 6.07) is 9.33. The maximum absolute atomic E-state index is 12.1. The third-order valence-corrected chi connectivity index (χ3v) is 5.03. The summed E-state index contributed by atoms with van der Waals surface area (Å²) in [5, 5.41) is 12.3. The number of aliphatic carboxylic acids is 1. The Labute approximate surface area is 143 Å². The minimum Gasteiger partial charge on any atom is -0.480 e. The molecule has 1 fully saturated rings. The van der Waals surface area contributed by atoms with Gasteiger partial charge in [-0.25, -0.2) is 9.59 Å². The summed E-state index contributed by atoms with van der Waals surface area (Å²) in [5.74, 6) is -0.515. The quantitative estimate of drug-likeness (QED) is 0.874. The first-order chi connectivity index (χ1) is 11.2. The Morgan fingerprint density at radius 2 is 1.79 bits per heavy atom. The molecule has 0 radical (unpaired) electrons.